The first kappa shape index (κ1) is 21.7. The standard InChI is InChI=1S/C24H28N2O4S/c1-16-5-7-21(13-18(16)3)31(28,29)26-11-9-25(10-12-26)15-20-14-23(27)30-24-19(4)17(2)6-8-22(20)24/h5-8,13-14H,9-12,15H2,1-4H3. The number of nitrogens with zero attached hydrogens (tertiary/aromatic N) is 2. The molecule has 4 rings (SSSR count). The van der Waals surface area contributed by atoms with Crippen LogP contribution < -0.4 is 5.63 Å². The summed E-state index contributed by atoms with van der Waals surface area (Å²) >= 11 is 0. The van der Waals surface area contributed by atoms with Gasteiger partial charge in [0.15, 0.2) is 0 Å². The molecule has 0 bridgehead atoms. The van der Waals surface area contributed by atoms with Crippen molar-refractivity contribution in [2.45, 2.75) is 39.1 Å². The smallest absolute Gasteiger partial charge is 0.336 e. The van der Waals surface area contributed by atoms with E-state index in [-0.39, 0.29) is 5.63 Å². The van der Waals surface area contributed by atoms with Gasteiger partial charge in [0.2, 0.25) is 10.0 Å². The predicted molar refractivity (Wildman–Crippen MR) is 122 cm³/mol. The molecular weight excluding hydrogens is 412 g/mol. The van der Waals surface area contributed by atoms with Gasteiger partial charge >= 0.3 is 5.63 Å². The summed E-state index contributed by atoms with van der Waals surface area (Å²) in [4.78, 5) is 14.7. The van der Waals surface area contributed by atoms with Crippen molar-refractivity contribution in [2.75, 3.05) is 26.2 Å². The normalized spacial score (nSPS) is 16.1. The SMILES string of the molecule is Cc1ccc(S(=O)(=O)N2CCN(Cc3cc(=O)oc4c(C)c(C)ccc34)CC2)cc1C. The van der Waals surface area contributed by atoms with Crippen LogP contribution in [-0.4, -0.2) is 43.8 Å². The monoisotopic (exact) mass is 440 g/mol. The Bertz CT molecular complexity index is 1300. The molecule has 0 unspecified atom stereocenters. The molecule has 3 aromatic rings. The van der Waals surface area contributed by atoms with Crippen molar-refractivity contribution >= 4 is 21.0 Å². The Hall–Kier alpha value is -2.48. The third-order valence-electron chi connectivity index (χ3n) is 6.36. The quantitative estimate of drug-likeness (QED) is 0.581. The van der Waals surface area contributed by atoms with E-state index in [1.54, 1.807) is 22.5 Å². The number of hydrogen-bond acceptors (Lipinski definition) is 5. The van der Waals surface area contributed by atoms with Gasteiger partial charge in [-0.25, -0.2) is 13.2 Å². The van der Waals surface area contributed by atoms with Crippen LogP contribution in [0, 0.1) is 27.7 Å². The number of aryl methyl sites for hydroxylation is 4. The molecule has 31 heavy (non-hydrogen) atoms. The summed E-state index contributed by atoms with van der Waals surface area (Å²) in [6.07, 6.45) is 0. The maximum absolute atomic E-state index is 13.1. The molecule has 7 heteroatoms. The highest BCUT2D eigenvalue weighted by molar-refractivity contribution is 7.89. The molecule has 0 atom stereocenters. The molecule has 0 N–H and O–H groups in total. The van der Waals surface area contributed by atoms with Gasteiger partial charge in [0.1, 0.15) is 5.58 Å². The number of sulfonamides is 1. The lowest BCUT2D eigenvalue weighted by Crippen LogP contribution is -2.48. The topological polar surface area (TPSA) is 70.8 Å². The molecule has 0 aliphatic carbocycles. The van der Waals surface area contributed by atoms with E-state index in [1.165, 1.54) is 0 Å². The zero-order chi connectivity index (χ0) is 22.3. The summed E-state index contributed by atoms with van der Waals surface area (Å²) in [5.74, 6) is 0. The van der Waals surface area contributed by atoms with Gasteiger partial charge in [0.25, 0.3) is 0 Å². The third-order valence-corrected chi connectivity index (χ3v) is 8.25. The van der Waals surface area contributed by atoms with Gasteiger partial charge in [-0.15, -0.1) is 0 Å². The molecule has 2 aromatic carbocycles. The van der Waals surface area contributed by atoms with Gasteiger partial charge in [-0.1, -0.05) is 18.2 Å². The summed E-state index contributed by atoms with van der Waals surface area (Å²) in [6, 6.07) is 10.9. The number of piperazine rings is 1. The van der Waals surface area contributed by atoms with Crippen LogP contribution in [0.5, 0.6) is 0 Å². The molecule has 1 aliphatic rings. The minimum Gasteiger partial charge on any atom is -0.422 e. The van der Waals surface area contributed by atoms with E-state index in [4.69, 9.17) is 4.42 Å². The lowest BCUT2D eigenvalue weighted by atomic mass is 10.0. The highest BCUT2D eigenvalue weighted by Gasteiger charge is 2.29. The fraction of sp³-hybridized carbons (Fsp3) is 0.375. The van der Waals surface area contributed by atoms with E-state index < -0.39 is 10.0 Å². The predicted octanol–water partition coefficient (Wildman–Crippen LogP) is 3.53. The highest BCUT2D eigenvalue weighted by Crippen LogP contribution is 2.25. The molecule has 2 heterocycles. The second-order valence-electron chi connectivity index (χ2n) is 8.40. The molecule has 0 spiro atoms. The maximum Gasteiger partial charge on any atom is 0.336 e. The zero-order valence-corrected chi connectivity index (χ0v) is 19.3. The Kier molecular flexibility index (Phi) is 5.77. The van der Waals surface area contributed by atoms with Crippen LogP contribution in [-0.2, 0) is 16.6 Å². The summed E-state index contributed by atoms with van der Waals surface area (Å²) in [5.41, 5.74) is 5.30. The van der Waals surface area contributed by atoms with Crippen LogP contribution in [0.4, 0.5) is 0 Å². The summed E-state index contributed by atoms with van der Waals surface area (Å²) in [7, 11) is -3.51. The average molecular weight is 441 g/mol. The van der Waals surface area contributed by atoms with Crippen LogP contribution in [0.1, 0.15) is 27.8 Å². The summed E-state index contributed by atoms with van der Waals surface area (Å²) < 4.78 is 33.1. The second-order valence-corrected chi connectivity index (χ2v) is 10.3. The molecule has 0 radical (unpaired) electrons. The number of benzene rings is 2. The van der Waals surface area contributed by atoms with Gasteiger partial charge in [0.05, 0.1) is 4.90 Å². The number of rotatable bonds is 4. The molecule has 0 saturated carbocycles. The van der Waals surface area contributed by atoms with E-state index in [1.807, 2.05) is 45.9 Å². The van der Waals surface area contributed by atoms with Crippen LogP contribution >= 0.6 is 0 Å². The largest absolute Gasteiger partial charge is 0.422 e. The Balaban J connectivity index is 1.52. The van der Waals surface area contributed by atoms with E-state index in [0.29, 0.717) is 43.2 Å². The van der Waals surface area contributed by atoms with Crippen molar-refractivity contribution in [3.05, 3.63) is 74.6 Å². The lowest BCUT2D eigenvalue weighted by Gasteiger charge is -2.34. The van der Waals surface area contributed by atoms with E-state index in [9.17, 15) is 13.2 Å². The van der Waals surface area contributed by atoms with Gasteiger partial charge < -0.3 is 4.42 Å². The number of fused-ring (bicyclic) bond motifs is 1. The maximum atomic E-state index is 13.1. The van der Waals surface area contributed by atoms with E-state index in [0.717, 1.165) is 33.2 Å². The molecule has 1 saturated heterocycles. The van der Waals surface area contributed by atoms with Gasteiger partial charge in [-0.05, 0) is 67.6 Å². The molecule has 0 amide bonds. The highest BCUT2D eigenvalue weighted by atomic mass is 32.2. The Labute approximate surface area is 183 Å². The zero-order valence-electron chi connectivity index (χ0n) is 18.4. The Morgan fingerprint density at radius 2 is 1.55 bits per heavy atom. The fourth-order valence-electron chi connectivity index (χ4n) is 4.05. The molecule has 6 nitrogen and oxygen atoms in total. The third kappa shape index (κ3) is 4.18. The molecule has 1 fully saturated rings. The first-order valence-corrected chi connectivity index (χ1v) is 11.9. The van der Waals surface area contributed by atoms with Crippen molar-refractivity contribution in [1.29, 1.82) is 0 Å². The first-order valence-electron chi connectivity index (χ1n) is 10.5. The van der Waals surface area contributed by atoms with E-state index >= 15 is 0 Å². The number of hydrogen-bond donors (Lipinski definition) is 0. The molecule has 1 aliphatic heterocycles. The van der Waals surface area contributed by atoms with Crippen LogP contribution in [0.3, 0.4) is 0 Å². The van der Waals surface area contributed by atoms with Crippen LogP contribution in [0.15, 0.2) is 50.5 Å². The van der Waals surface area contributed by atoms with Gasteiger partial charge in [0, 0.05) is 44.2 Å². The minimum absolute atomic E-state index is 0.349. The summed E-state index contributed by atoms with van der Waals surface area (Å²) in [6.45, 7) is 10.5. The Morgan fingerprint density at radius 1 is 0.871 bits per heavy atom. The molecular formula is C24H28N2O4S. The minimum atomic E-state index is -3.51. The van der Waals surface area contributed by atoms with Crippen LogP contribution in [0.25, 0.3) is 11.0 Å². The van der Waals surface area contributed by atoms with Crippen molar-refractivity contribution in [1.82, 2.24) is 9.21 Å². The van der Waals surface area contributed by atoms with Gasteiger partial charge in [-0.2, -0.15) is 4.31 Å². The lowest BCUT2D eigenvalue weighted by molar-refractivity contribution is 0.182. The molecule has 164 valence electrons. The van der Waals surface area contributed by atoms with Crippen molar-refractivity contribution < 1.29 is 12.8 Å². The second kappa shape index (κ2) is 8.22. The van der Waals surface area contributed by atoms with Crippen molar-refractivity contribution in [2.24, 2.45) is 0 Å². The first-order chi connectivity index (χ1) is 14.7. The van der Waals surface area contributed by atoms with Crippen molar-refractivity contribution in [3.8, 4) is 0 Å². The fourth-order valence-corrected chi connectivity index (χ4v) is 5.56. The van der Waals surface area contributed by atoms with E-state index in [2.05, 4.69) is 4.90 Å². The molecule has 1 aromatic heterocycles. The van der Waals surface area contributed by atoms with Crippen LogP contribution in [0.2, 0.25) is 0 Å². The summed E-state index contributed by atoms with van der Waals surface area (Å²) in [5, 5.41) is 0.938. The Morgan fingerprint density at radius 3 is 2.23 bits per heavy atom. The van der Waals surface area contributed by atoms with Gasteiger partial charge in [-0.3, -0.25) is 4.90 Å². The van der Waals surface area contributed by atoms with Crippen molar-refractivity contribution in [3.63, 3.8) is 0 Å². The average Bonchev–Trinajstić information content (AvgIpc) is 2.73.